The van der Waals surface area contributed by atoms with E-state index in [4.69, 9.17) is 0 Å². The average Bonchev–Trinajstić information content (AvgIpc) is 3.44. The first kappa shape index (κ1) is 25.6. The van der Waals surface area contributed by atoms with Gasteiger partial charge in [-0.25, -0.2) is 22.5 Å². The summed E-state index contributed by atoms with van der Waals surface area (Å²) in [5.41, 5.74) is 0.623. The third-order valence-electron chi connectivity index (χ3n) is 5.47. The molecule has 2 aromatic heterocycles. The Labute approximate surface area is 203 Å². The van der Waals surface area contributed by atoms with Crippen molar-refractivity contribution in [3.63, 3.8) is 0 Å². The molecule has 0 radical (unpaired) electrons. The fraction of sp³-hybridized carbons (Fsp3) is 0.381. The van der Waals surface area contributed by atoms with Crippen LogP contribution in [0.4, 0.5) is 23.4 Å². The van der Waals surface area contributed by atoms with Gasteiger partial charge in [-0.15, -0.1) is 5.10 Å². The second-order valence-electron chi connectivity index (χ2n) is 8.45. The monoisotopic (exact) mass is 527 g/mol. The Morgan fingerprint density at radius 2 is 1.86 bits per heavy atom. The zero-order chi connectivity index (χ0) is 26.3. The number of nitrogens with zero attached hydrogens (tertiary/aromatic N) is 6. The Balaban J connectivity index is 1.51. The molecule has 10 nitrogen and oxygen atoms in total. The van der Waals surface area contributed by atoms with Crippen LogP contribution in [-0.2, 0) is 23.1 Å². The highest BCUT2D eigenvalue weighted by atomic mass is 32.2. The van der Waals surface area contributed by atoms with Crippen LogP contribution < -0.4 is 5.32 Å². The number of alkyl halides is 3. The van der Waals surface area contributed by atoms with Gasteiger partial charge in [-0.2, -0.15) is 17.5 Å². The number of carbonyl (C=O) groups excluding carboxylic acids is 1. The van der Waals surface area contributed by atoms with Gasteiger partial charge in [0.05, 0.1) is 23.8 Å². The van der Waals surface area contributed by atoms with E-state index in [2.05, 4.69) is 25.8 Å². The van der Waals surface area contributed by atoms with E-state index in [0.29, 0.717) is 17.1 Å². The summed E-state index contributed by atoms with van der Waals surface area (Å²) in [4.78, 5) is 17.1. The summed E-state index contributed by atoms with van der Waals surface area (Å²) >= 11 is 0. The first-order valence-corrected chi connectivity index (χ1v) is 12.4. The number of hydrogen-bond acceptors (Lipinski definition) is 7. The van der Waals surface area contributed by atoms with Gasteiger partial charge in [-0.3, -0.25) is 4.79 Å². The molecule has 0 bridgehead atoms. The van der Waals surface area contributed by atoms with Gasteiger partial charge in [0, 0.05) is 13.1 Å². The van der Waals surface area contributed by atoms with Gasteiger partial charge in [0.15, 0.2) is 0 Å². The van der Waals surface area contributed by atoms with Gasteiger partial charge < -0.3 is 5.32 Å². The van der Waals surface area contributed by atoms with Crippen molar-refractivity contribution >= 4 is 21.7 Å². The zero-order valence-corrected chi connectivity index (χ0v) is 19.9. The third-order valence-corrected chi connectivity index (χ3v) is 7.23. The SMILES string of the molecule is CC(C)n1nnnc1-c1cccc(NC(=O)c2cc3c(cc2F)CN(S(=O)(=O)CCC(F)(F)F)C3)n1. The molecule has 192 valence electrons. The van der Waals surface area contributed by atoms with E-state index in [-0.39, 0.29) is 36.1 Å². The van der Waals surface area contributed by atoms with Crippen LogP contribution in [0.5, 0.6) is 0 Å². The Morgan fingerprint density at radius 1 is 1.17 bits per heavy atom. The molecule has 0 aliphatic carbocycles. The molecule has 1 N–H and O–H groups in total. The van der Waals surface area contributed by atoms with Crippen LogP contribution in [0.3, 0.4) is 0 Å². The Kier molecular flexibility index (Phi) is 6.79. The van der Waals surface area contributed by atoms with E-state index >= 15 is 0 Å². The van der Waals surface area contributed by atoms with Crippen LogP contribution in [-0.4, -0.2) is 55.8 Å². The number of aromatic nitrogens is 5. The first-order chi connectivity index (χ1) is 16.8. The normalized spacial score (nSPS) is 14.3. The van der Waals surface area contributed by atoms with E-state index in [1.807, 2.05) is 13.8 Å². The smallest absolute Gasteiger partial charge is 0.306 e. The van der Waals surface area contributed by atoms with Crippen molar-refractivity contribution in [2.45, 2.75) is 45.6 Å². The van der Waals surface area contributed by atoms with E-state index in [1.165, 1.54) is 12.1 Å². The molecule has 0 spiro atoms. The van der Waals surface area contributed by atoms with E-state index in [1.54, 1.807) is 16.8 Å². The second-order valence-corrected chi connectivity index (χ2v) is 10.5. The highest BCUT2D eigenvalue weighted by molar-refractivity contribution is 7.89. The Morgan fingerprint density at radius 3 is 2.53 bits per heavy atom. The molecular weight excluding hydrogens is 506 g/mol. The molecule has 1 amide bonds. The highest BCUT2D eigenvalue weighted by Crippen LogP contribution is 2.30. The minimum absolute atomic E-state index is 0.0487. The number of pyridine rings is 1. The average molecular weight is 528 g/mol. The minimum atomic E-state index is -4.62. The number of carbonyl (C=O) groups is 1. The largest absolute Gasteiger partial charge is 0.390 e. The van der Waals surface area contributed by atoms with Gasteiger partial charge in [0.25, 0.3) is 5.91 Å². The number of nitrogens with one attached hydrogen (secondary N) is 1. The molecule has 0 saturated heterocycles. The lowest BCUT2D eigenvalue weighted by Gasteiger charge is -2.16. The summed E-state index contributed by atoms with van der Waals surface area (Å²) < 4.78 is 79.2. The predicted octanol–water partition coefficient (Wildman–Crippen LogP) is 3.31. The van der Waals surface area contributed by atoms with Crippen molar-refractivity contribution in [2.75, 3.05) is 11.1 Å². The van der Waals surface area contributed by atoms with E-state index in [9.17, 15) is 30.8 Å². The molecule has 4 rings (SSSR count). The van der Waals surface area contributed by atoms with Gasteiger partial charge in [-0.05, 0) is 59.7 Å². The number of anilines is 1. The van der Waals surface area contributed by atoms with Crippen LogP contribution in [0.25, 0.3) is 11.5 Å². The Bertz CT molecular complexity index is 1410. The molecule has 0 atom stereocenters. The maximum absolute atomic E-state index is 14.7. The predicted molar refractivity (Wildman–Crippen MR) is 119 cm³/mol. The van der Waals surface area contributed by atoms with Gasteiger partial charge >= 0.3 is 6.18 Å². The summed E-state index contributed by atoms with van der Waals surface area (Å²) in [6.45, 7) is 3.22. The fourth-order valence-corrected chi connectivity index (χ4v) is 5.08. The van der Waals surface area contributed by atoms with Crippen LogP contribution in [0.2, 0.25) is 0 Å². The minimum Gasteiger partial charge on any atom is -0.306 e. The number of hydrogen-bond donors (Lipinski definition) is 1. The van der Waals surface area contributed by atoms with Crippen molar-refractivity contribution in [2.24, 2.45) is 0 Å². The molecule has 3 heterocycles. The lowest BCUT2D eigenvalue weighted by molar-refractivity contribution is -0.130. The number of benzene rings is 1. The molecule has 0 fully saturated rings. The maximum atomic E-state index is 14.7. The van der Waals surface area contributed by atoms with Gasteiger partial charge in [-0.1, -0.05) is 6.07 Å². The zero-order valence-electron chi connectivity index (χ0n) is 19.1. The Hall–Kier alpha value is -3.46. The van der Waals surface area contributed by atoms with Crippen molar-refractivity contribution in [1.82, 2.24) is 29.5 Å². The van der Waals surface area contributed by atoms with Crippen molar-refractivity contribution in [1.29, 1.82) is 0 Å². The van der Waals surface area contributed by atoms with Crippen molar-refractivity contribution in [3.05, 3.63) is 52.8 Å². The second kappa shape index (κ2) is 9.54. The van der Waals surface area contributed by atoms with E-state index < -0.39 is 40.1 Å². The highest BCUT2D eigenvalue weighted by Gasteiger charge is 2.35. The molecule has 0 saturated carbocycles. The first-order valence-electron chi connectivity index (χ1n) is 10.8. The van der Waals surface area contributed by atoms with Gasteiger partial charge in [0.2, 0.25) is 15.8 Å². The summed E-state index contributed by atoms with van der Waals surface area (Å²) in [5.74, 6) is -2.37. The summed E-state index contributed by atoms with van der Waals surface area (Å²) in [6.07, 6.45) is -6.11. The van der Waals surface area contributed by atoms with Crippen LogP contribution >= 0.6 is 0 Å². The van der Waals surface area contributed by atoms with Crippen molar-refractivity contribution < 1.29 is 30.8 Å². The number of tetrazole rings is 1. The lowest BCUT2D eigenvalue weighted by Crippen LogP contribution is -2.30. The van der Waals surface area contributed by atoms with E-state index in [0.717, 1.165) is 10.4 Å². The molecule has 36 heavy (non-hydrogen) atoms. The third kappa shape index (κ3) is 5.51. The molecule has 0 unspecified atom stereocenters. The topological polar surface area (TPSA) is 123 Å². The van der Waals surface area contributed by atoms with Crippen molar-refractivity contribution in [3.8, 4) is 11.5 Å². The molecule has 1 aliphatic rings. The molecule has 1 aromatic carbocycles. The number of halogens is 4. The summed E-state index contributed by atoms with van der Waals surface area (Å²) in [6, 6.07) is 6.91. The van der Waals surface area contributed by atoms with Crippen LogP contribution in [0.1, 0.15) is 47.8 Å². The number of sulfonamides is 1. The lowest BCUT2D eigenvalue weighted by atomic mass is 10.1. The summed E-state index contributed by atoms with van der Waals surface area (Å²) in [7, 11) is -4.23. The number of fused-ring (bicyclic) bond motifs is 1. The molecular formula is C21H21F4N7O3S. The van der Waals surface area contributed by atoms with Crippen LogP contribution in [0, 0.1) is 5.82 Å². The quantitative estimate of drug-likeness (QED) is 0.468. The summed E-state index contributed by atoms with van der Waals surface area (Å²) in [5, 5.41) is 14.0. The standard InChI is InChI=1S/C21H21F4N7O3S/c1-12(2)32-19(28-29-30-32)17-4-3-5-18(26-17)27-20(33)15-8-13-10-31(11-14(13)9-16(15)22)36(34,35)7-6-21(23,24)25/h3-5,8-9,12H,6-7,10-11H2,1-2H3,(H,26,27,33). The number of amides is 1. The number of rotatable bonds is 7. The maximum Gasteiger partial charge on any atom is 0.390 e. The van der Waals surface area contributed by atoms with Gasteiger partial charge in [0.1, 0.15) is 17.3 Å². The fourth-order valence-electron chi connectivity index (χ4n) is 3.66. The molecule has 1 aliphatic heterocycles. The molecule has 15 heteroatoms. The molecule has 3 aromatic rings. The van der Waals surface area contributed by atoms with Crippen LogP contribution in [0.15, 0.2) is 30.3 Å².